The SMILES string of the molecule is CC(=O)NCC1CN(C(=O)c2nn(C)c(C)c2Cl)CCO1. The average molecular weight is 315 g/mol. The summed E-state index contributed by atoms with van der Waals surface area (Å²) >= 11 is 6.15. The first-order valence-electron chi connectivity index (χ1n) is 6.74. The number of morpholine rings is 1. The van der Waals surface area contributed by atoms with Crippen molar-refractivity contribution in [2.45, 2.75) is 20.0 Å². The molecule has 2 amide bonds. The van der Waals surface area contributed by atoms with Crippen LogP contribution in [0.3, 0.4) is 0 Å². The van der Waals surface area contributed by atoms with Crippen LogP contribution in [0.2, 0.25) is 5.02 Å². The lowest BCUT2D eigenvalue weighted by atomic mass is 10.2. The van der Waals surface area contributed by atoms with E-state index in [1.807, 2.05) is 6.92 Å². The van der Waals surface area contributed by atoms with E-state index in [2.05, 4.69) is 10.4 Å². The van der Waals surface area contributed by atoms with Crippen molar-refractivity contribution in [1.29, 1.82) is 0 Å². The van der Waals surface area contributed by atoms with Crippen LogP contribution in [0.1, 0.15) is 23.1 Å². The molecule has 2 rings (SSSR count). The number of nitrogens with zero attached hydrogens (tertiary/aromatic N) is 3. The summed E-state index contributed by atoms with van der Waals surface area (Å²) in [5.74, 6) is -0.328. The number of halogens is 1. The van der Waals surface area contributed by atoms with Gasteiger partial charge in [0.25, 0.3) is 5.91 Å². The Labute approximate surface area is 128 Å². The van der Waals surface area contributed by atoms with Crippen molar-refractivity contribution >= 4 is 23.4 Å². The minimum Gasteiger partial charge on any atom is -0.373 e. The minimum absolute atomic E-state index is 0.120. The van der Waals surface area contributed by atoms with E-state index in [1.54, 1.807) is 16.6 Å². The zero-order valence-electron chi connectivity index (χ0n) is 12.4. The van der Waals surface area contributed by atoms with E-state index in [9.17, 15) is 9.59 Å². The molecule has 7 nitrogen and oxygen atoms in total. The number of ether oxygens (including phenoxy) is 1. The highest BCUT2D eigenvalue weighted by Gasteiger charge is 2.28. The second-order valence-electron chi connectivity index (χ2n) is 5.05. The highest BCUT2D eigenvalue weighted by atomic mass is 35.5. The summed E-state index contributed by atoms with van der Waals surface area (Å²) in [6.07, 6.45) is -0.213. The first-order valence-corrected chi connectivity index (χ1v) is 7.12. The van der Waals surface area contributed by atoms with Crippen LogP contribution >= 0.6 is 11.6 Å². The number of hydrogen-bond donors (Lipinski definition) is 1. The van der Waals surface area contributed by atoms with Crippen molar-refractivity contribution in [3.8, 4) is 0 Å². The lowest BCUT2D eigenvalue weighted by Crippen LogP contribution is -2.49. The van der Waals surface area contributed by atoms with Crippen LogP contribution in [0.5, 0.6) is 0 Å². The molecule has 2 heterocycles. The van der Waals surface area contributed by atoms with Gasteiger partial charge in [0.1, 0.15) is 0 Å². The number of hydrogen-bond acceptors (Lipinski definition) is 4. The maximum atomic E-state index is 12.5. The van der Waals surface area contributed by atoms with Crippen LogP contribution in [0.4, 0.5) is 0 Å². The molecule has 116 valence electrons. The fourth-order valence-corrected chi connectivity index (χ4v) is 2.39. The maximum Gasteiger partial charge on any atom is 0.276 e. The van der Waals surface area contributed by atoms with Gasteiger partial charge in [0.2, 0.25) is 5.91 Å². The molecule has 1 fully saturated rings. The predicted molar refractivity (Wildman–Crippen MR) is 77.3 cm³/mol. The van der Waals surface area contributed by atoms with E-state index in [4.69, 9.17) is 16.3 Å². The molecule has 1 aliphatic heterocycles. The molecule has 8 heteroatoms. The van der Waals surface area contributed by atoms with Crippen LogP contribution in [-0.2, 0) is 16.6 Å². The van der Waals surface area contributed by atoms with Gasteiger partial charge in [-0.25, -0.2) is 0 Å². The summed E-state index contributed by atoms with van der Waals surface area (Å²) in [5, 5.41) is 7.24. The van der Waals surface area contributed by atoms with Crippen molar-refractivity contribution in [2.75, 3.05) is 26.2 Å². The Balaban J connectivity index is 2.05. The lowest BCUT2D eigenvalue weighted by molar-refractivity contribution is -0.120. The van der Waals surface area contributed by atoms with Crippen LogP contribution in [0.15, 0.2) is 0 Å². The first-order chi connectivity index (χ1) is 9.90. The van der Waals surface area contributed by atoms with Crippen molar-refractivity contribution in [2.24, 2.45) is 7.05 Å². The van der Waals surface area contributed by atoms with Gasteiger partial charge in [0.05, 0.1) is 23.4 Å². The number of carbonyl (C=O) groups excluding carboxylic acids is 2. The van der Waals surface area contributed by atoms with E-state index < -0.39 is 0 Å². The number of aryl methyl sites for hydroxylation is 1. The highest BCUT2D eigenvalue weighted by molar-refractivity contribution is 6.34. The second kappa shape index (κ2) is 6.44. The maximum absolute atomic E-state index is 12.5. The summed E-state index contributed by atoms with van der Waals surface area (Å²) in [5.41, 5.74) is 1.01. The summed E-state index contributed by atoms with van der Waals surface area (Å²) in [7, 11) is 1.75. The molecule has 1 unspecified atom stereocenters. The molecule has 1 aromatic rings. The topological polar surface area (TPSA) is 76.5 Å². The molecule has 1 saturated heterocycles. The third kappa shape index (κ3) is 3.54. The third-order valence-electron chi connectivity index (χ3n) is 3.47. The molecule has 1 atom stereocenters. The Morgan fingerprint density at radius 2 is 2.24 bits per heavy atom. The van der Waals surface area contributed by atoms with E-state index >= 15 is 0 Å². The molecule has 1 aliphatic rings. The van der Waals surface area contributed by atoms with E-state index in [0.29, 0.717) is 31.3 Å². The van der Waals surface area contributed by atoms with Crippen LogP contribution < -0.4 is 5.32 Å². The molecule has 21 heavy (non-hydrogen) atoms. The molecule has 0 aromatic carbocycles. The minimum atomic E-state index is -0.213. The molecule has 1 aromatic heterocycles. The van der Waals surface area contributed by atoms with Gasteiger partial charge in [0, 0.05) is 33.6 Å². The second-order valence-corrected chi connectivity index (χ2v) is 5.43. The Morgan fingerprint density at radius 3 is 2.81 bits per heavy atom. The summed E-state index contributed by atoms with van der Waals surface area (Å²) in [6, 6.07) is 0. The summed E-state index contributed by atoms with van der Waals surface area (Å²) < 4.78 is 7.12. The van der Waals surface area contributed by atoms with Crippen molar-refractivity contribution in [1.82, 2.24) is 20.0 Å². The fraction of sp³-hybridized carbons (Fsp3) is 0.615. The van der Waals surface area contributed by atoms with Gasteiger partial charge in [-0.05, 0) is 6.92 Å². The predicted octanol–water partition coefficient (Wildman–Crippen LogP) is 0.359. The van der Waals surface area contributed by atoms with Crippen LogP contribution in [0, 0.1) is 6.92 Å². The molecule has 1 N–H and O–H groups in total. The van der Waals surface area contributed by atoms with Gasteiger partial charge in [-0.2, -0.15) is 5.10 Å². The quantitative estimate of drug-likeness (QED) is 0.874. The van der Waals surface area contributed by atoms with Gasteiger partial charge in [0.15, 0.2) is 5.69 Å². The lowest BCUT2D eigenvalue weighted by Gasteiger charge is -2.32. The first kappa shape index (κ1) is 15.8. The smallest absolute Gasteiger partial charge is 0.276 e. The molecule has 0 bridgehead atoms. The van der Waals surface area contributed by atoms with Crippen LogP contribution in [-0.4, -0.2) is 58.8 Å². The third-order valence-corrected chi connectivity index (χ3v) is 3.92. The Morgan fingerprint density at radius 1 is 1.52 bits per heavy atom. The number of rotatable bonds is 3. The average Bonchev–Trinajstić information content (AvgIpc) is 2.72. The van der Waals surface area contributed by atoms with E-state index in [0.717, 1.165) is 5.69 Å². The zero-order valence-corrected chi connectivity index (χ0v) is 13.1. The summed E-state index contributed by atoms with van der Waals surface area (Å²) in [6.45, 7) is 4.97. The number of nitrogens with one attached hydrogen (secondary N) is 1. The van der Waals surface area contributed by atoms with Crippen molar-refractivity contribution in [3.63, 3.8) is 0 Å². The van der Waals surface area contributed by atoms with E-state index in [1.165, 1.54) is 6.92 Å². The fourth-order valence-electron chi connectivity index (χ4n) is 2.15. The zero-order chi connectivity index (χ0) is 15.6. The summed E-state index contributed by atoms with van der Waals surface area (Å²) in [4.78, 5) is 25.1. The number of amides is 2. The number of aromatic nitrogens is 2. The monoisotopic (exact) mass is 314 g/mol. The highest BCUT2D eigenvalue weighted by Crippen LogP contribution is 2.21. The van der Waals surface area contributed by atoms with Crippen LogP contribution in [0.25, 0.3) is 0 Å². The van der Waals surface area contributed by atoms with Gasteiger partial charge < -0.3 is 15.0 Å². The Hall–Kier alpha value is -1.60. The van der Waals surface area contributed by atoms with Crippen molar-refractivity contribution < 1.29 is 14.3 Å². The molecular weight excluding hydrogens is 296 g/mol. The Kier molecular flexibility index (Phi) is 4.84. The Bertz CT molecular complexity index is 558. The standard InChI is InChI=1S/C13H19ClN4O3/c1-8-11(14)12(16-17(8)3)13(20)18-4-5-21-10(7-18)6-15-9(2)19/h10H,4-7H2,1-3H3,(H,15,19). The van der Waals surface area contributed by atoms with Gasteiger partial charge in [-0.3, -0.25) is 14.3 Å². The van der Waals surface area contributed by atoms with Gasteiger partial charge >= 0.3 is 0 Å². The number of carbonyl (C=O) groups is 2. The molecule has 0 aliphatic carbocycles. The largest absolute Gasteiger partial charge is 0.373 e. The molecular formula is C13H19ClN4O3. The molecule has 0 radical (unpaired) electrons. The van der Waals surface area contributed by atoms with Gasteiger partial charge in [-0.1, -0.05) is 11.6 Å². The normalized spacial score (nSPS) is 18.7. The van der Waals surface area contributed by atoms with E-state index in [-0.39, 0.29) is 23.6 Å². The van der Waals surface area contributed by atoms with Crippen molar-refractivity contribution in [3.05, 3.63) is 16.4 Å². The molecule has 0 saturated carbocycles. The molecule has 0 spiro atoms. The van der Waals surface area contributed by atoms with Gasteiger partial charge in [-0.15, -0.1) is 0 Å².